The van der Waals surface area contributed by atoms with Crippen molar-refractivity contribution < 1.29 is 5.11 Å². The van der Waals surface area contributed by atoms with E-state index in [0.717, 1.165) is 51.3 Å². The van der Waals surface area contributed by atoms with Gasteiger partial charge in [-0.3, -0.25) is 9.80 Å². The lowest BCUT2D eigenvalue weighted by atomic mass is 9.77. The zero-order chi connectivity index (χ0) is 31.6. The third-order valence-corrected chi connectivity index (χ3v) is 10.7. The summed E-state index contributed by atoms with van der Waals surface area (Å²) in [6.07, 6.45) is 7.42. The summed E-state index contributed by atoms with van der Waals surface area (Å²) < 4.78 is 0. The molecule has 0 bridgehead atoms. The predicted octanol–water partition coefficient (Wildman–Crippen LogP) is 9.08. The Morgan fingerprint density at radius 1 is 0.711 bits per heavy atom. The number of piperidine rings is 1. The van der Waals surface area contributed by atoms with Crippen LogP contribution in [0.3, 0.4) is 0 Å². The second-order valence-electron chi connectivity index (χ2n) is 12.5. The summed E-state index contributed by atoms with van der Waals surface area (Å²) >= 11 is 3.54. The smallest absolute Gasteiger partial charge is 0.0946 e. The second kappa shape index (κ2) is 16.2. The van der Waals surface area contributed by atoms with Crippen molar-refractivity contribution in [2.45, 2.75) is 48.7 Å². The van der Waals surface area contributed by atoms with Crippen LogP contribution in [0.15, 0.2) is 125 Å². The Bertz CT molecular complexity index is 1530. The van der Waals surface area contributed by atoms with E-state index in [9.17, 15) is 5.11 Å². The van der Waals surface area contributed by atoms with Crippen LogP contribution >= 0.6 is 23.5 Å². The number of rotatable bonds is 8. The van der Waals surface area contributed by atoms with Crippen LogP contribution in [0.5, 0.6) is 0 Å². The number of benzene rings is 4. The maximum atomic E-state index is 11.3. The summed E-state index contributed by atoms with van der Waals surface area (Å²) in [5.41, 5.74) is 5.99. The molecule has 236 valence electrons. The first kappa shape index (κ1) is 33.6. The fraction of sp³-hybridized carbons (Fsp3) is 0.350. The molecule has 6 rings (SSSR count). The van der Waals surface area contributed by atoms with Crippen molar-refractivity contribution in [3.8, 4) is 0 Å². The Morgan fingerprint density at radius 2 is 1.31 bits per heavy atom. The molecule has 0 amide bonds. The van der Waals surface area contributed by atoms with Gasteiger partial charge in [0.1, 0.15) is 0 Å². The van der Waals surface area contributed by atoms with E-state index in [-0.39, 0.29) is 5.92 Å². The minimum Gasteiger partial charge on any atom is -0.385 e. The van der Waals surface area contributed by atoms with E-state index in [1.165, 1.54) is 32.1 Å². The first-order valence-electron chi connectivity index (χ1n) is 16.1. The molecule has 3 nitrogen and oxygen atoms in total. The van der Waals surface area contributed by atoms with Gasteiger partial charge in [-0.1, -0.05) is 105 Å². The molecule has 1 N–H and O–H groups in total. The SMILES string of the molecule is CSc1cccc(C2(O)CCN(Cc3ccccc3)CC2C)c1.CSc1cccc(C2=CCN(Cc3ccccc3)CC2C)c1. The van der Waals surface area contributed by atoms with Crippen LogP contribution in [0, 0.1) is 11.8 Å². The highest BCUT2D eigenvalue weighted by Crippen LogP contribution is 2.38. The highest BCUT2D eigenvalue weighted by atomic mass is 32.2. The molecule has 0 aromatic heterocycles. The van der Waals surface area contributed by atoms with Crippen LogP contribution in [-0.2, 0) is 18.7 Å². The summed E-state index contributed by atoms with van der Waals surface area (Å²) in [5, 5.41) is 11.3. The van der Waals surface area contributed by atoms with Gasteiger partial charge in [-0.05, 0) is 76.9 Å². The zero-order valence-corrected chi connectivity index (χ0v) is 28.9. The van der Waals surface area contributed by atoms with Crippen LogP contribution in [0.2, 0.25) is 0 Å². The van der Waals surface area contributed by atoms with Gasteiger partial charge in [0.05, 0.1) is 5.60 Å². The van der Waals surface area contributed by atoms with Crippen molar-refractivity contribution in [3.05, 3.63) is 138 Å². The Hall–Kier alpha value is -2.80. The molecule has 2 aliphatic heterocycles. The van der Waals surface area contributed by atoms with Crippen molar-refractivity contribution in [1.82, 2.24) is 9.80 Å². The van der Waals surface area contributed by atoms with Crippen molar-refractivity contribution >= 4 is 29.1 Å². The van der Waals surface area contributed by atoms with E-state index in [1.54, 1.807) is 11.8 Å². The lowest BCUT2D eigenvalue weighted by Gasteiger charge is -2.43. The van der Waals surface area contributed by atoms with Gasteiger partial charge in [0, 0.05) is 55.0 Å². The molecular formula is C40H48N2OS2. The van der Waals surface area contributed by atoms with Crippen molar-refractivity contribution in [2.24, 2.45) is 11.8 Å². The third-order valence-electron chi connectivity index (χ3n) is 9.26. The van der Waals surface area contributed by atoms with Gasteiger partial charge >= 0.3 is 0 Å². The summed E-state index contributed by atoms with van der Waals surface area (Å²) in [7, 11) is 0. The van der Waals surface area contributed by atoms with Gasteiger partial charge in [-0.25, -0.2) is 0 Å². The number of nitrogens with zero attached hydrogens (tertiary/aromatic N) is 2. The van der Waals surface area contributed by atoms with Crippen molar-refractivity contribution in [1.29, 1.82) is 0 Å². The summed E-state index contributed by atoms with van der Waals surface area (Å²) in [5.74, 6) is 0.798. The fourth-order valence-electron chi connectivity index (χ4n) is 6.68. The normalized spacial score (nSPS) is 22.3. The van der Waals surface area contributed by atoms with Gasteiger partial charge in [0.15, 0.2) is 0 Å². The topological polar surface area (TPSA) is 26.7 Å². The van der Waals surface area contributed by atoms with Crippen LogP contribution in [0.25, 0.3) is 5.57 Å². The molecule has 0 saturated carbocycles. The average Bonchev–Trinajstić information content (AvgIpc) is 3.08. The zero-order valence-electron chi connectivity index (χ0n) is 27.2. The highest BCUT2D eigenvalue weighted by molar-refractivity contribution is 7.98. The Morgan fingerprint density at radius 3 is 1.91 bits per heavy atom. The van der Waals surface area contributed by atoms with Crippen LogP contribution < -0.4 is 0 Å². The van der Waals surface area contributed by atoms with Crippen LogP contribution in [0.1, 0.15) is 42.5 Å². The standard InChI is InChI=1S/C20H25NOS.C20H23NS/c1-16-14-21(15-17-7-4-3-5-8-17)12-11-20(16,22)18-9-6-10-19(13-18)23-2;1-16-14-21(15-17-7-4-3-5-8-17)12-11-20(16)18-9-6-10-19(13-18)22-2/h3-10,13,16,22H,11-12,14-15H2,1-2H3;3-11,13,16H,12,14-15H2,1-2H3. The molecule has 0 radical (unpaired) electrons. The predicted molar refractivity (Wildman–Crippen MR) is 195 cm³/mol. The van der Waals surface area contributed by atoms with E-state index in [4.69, 9.17) is 0 Å². The molecule has 2 heterocycles. The minimum absolute atomic E-state index is 0.220. The number of thioether (sulfide) groups is 2. The molecule has 1 fully saturated rings. The van der Waals surface area contributed by atoms with Crippen molar-refractivity contribution in [2.75, 3.05) is 38.7 Å². The molecular weight excluding hydrogens is 589 g/mol. The Kier molecular flexibility index (Phi) is 12.0. The van der Waals surface area contributed by atoms with Gasteiger partial charge in [-0.2, -0.15) is 0 Å². The van der Waals surface area contributed by atoms with Crippen LogP contribution in [0.4, 0.5) is 0 Å². The Balaban J connectivity index is 0.000000178. The fourth-order valence-corrected chi connectivity index (χ4v) is 7.59. The second-order valence-corrected chi connectivity index (χ2v) is 14.3. The molecule has 2 aliphatic rings. The molecule has 4 aromatic rings. The first-order valence-corrected chi connectivity index (χ1v) is 18.6. The van der Waals surface area contributed by atoms with E-state index < -0.39 is 5.60 Å². The molecule has 0 aliphatic carbocycles. The average molecular weight is 637 g/mol. The number of likely N-dealkylation sites (tertiary alicyclic amines) is 1. The highest BCUT2D eigenvalue weighted by Gasteiger charge is 2.40. The minimum atomic E-state index is -0.709. The third kappa shape index (κ3) is 8.93. The maximum Gasteiger partial charge on any atom is 0.0946 e. The lowest BCUT2D eigenvalue weighted by Crippen LogP contribution is -2.48. The molecule has 0 spiro atoms. The molecule has 3 atom stereocenters. The Labute approximate surface area is 279 Å². The van der Waals surface area contributed by atoms with Gasteiger partial charge in [-0.15, -0.1) is 23.5 Å². The van der Waals surface area contributed by atoms with E-state index in [0.29, 0.717) is 5.92 Å². The largest absolute Gasteiger partial charge is 0.385 e. The molecule has 45 heavy (non-hydrogen) atoms. The molecule has 5 heteroatoms. The van der Waals surface area contributed by atoms with Crippen LogP contribution in [-0.4, -0.2) is 53.6 Å². The van der Waals surface area contributed by atoms with Gasteiger partial charge in [0.25, 0.3) is 0 Å². The van der Waals surface area contributed by atoms with Gasteiger partial charge < -0.3 is 5.11 Å². The van der Waals surface area contributed by atoms with Gasteiger partial charge in [0.2, 0.25) is 0 Å². The maximum absolute atomic E-state index is 11.3. The van der Waals surface area contributed by atoms with E-state index in [2.05, 4.69) is 151 Å². The summed E-state index contributed by atoms with van der Waals surface area (Å²) in [6, 6.07) is 38.6. The van der Waals surface area contributed by atoms with Crippen molar-refractivity contribution in [3.63, 3.8) is 0 Å². The quantitative estimate of drug-likeness (QED) is 0.195. The van der Waals surface area contributed by atoms with E-state index in [1.807, 2.05) is 11.8 Å². The first-order chi connectivity index (χ1) is 21.9. The lowest BCUT2D eigenvalue weighted by molar-refractivity contribution is -0.0729. The summed E-state index contributed by atoms with van der Waals surface area (Å²) in [6.45, 7) is 10.5. The number of hydrogen-bond donors (Lipinski definition) is 1. The number of hydrogen-bond acceptors (Lipinski definition) is 5. The molecule has 4 aromatic carbocycles. The summed E-state index contributed by atoms with van der Waals surface area (Å²) in [4.78, 5) is 7.54. The van der Waals surface area contributed by atoms with E-state index >= 15 is 0 Å². The monoisotopic (exact) mass is 636 g/mol. The molecule has 3 unspecified atom stereocenters. The molecule has 1 saturated heterocycles. The number of aliphatic hydroxyl groups is 1.